The highest BCUT2D eigenvalue weighted by Gasteiger charge is 2.22. The molecule has 0 aromatic heterocycles. The number of benzene rings is 2. The number of aromatic hydroxyl groups is 1. The van der Waals surface area contributed by atoms with Crippen LogP contribution in [0.15, 0.2) is 48.5 Å². The van der Waals surface area contributed by atoms with Crippen LogP contribution in [0.3, 0.4) is 0 Å². The molecular formula is C17H17NO6S. The summed E-state index contributed by atoms with van der Waals surface area (Å²) in [4.78, 5) is 24.3. The van der Waals surface area contributed by atoms with Crippen molar-refractivity contribution < 1.29 is 27.9 Å². The van der Waals surface area contributed by atoms with Gasteiger partial charge in [0.15, 0.2) is 6.10 Å². The van der Waals surface area contributed by atoms with Crippen LogP contribution in [0, 0.1) is 0 Å². The molecule has 0 radical (unpaired) electrons. The molecule has 0 saturated heterocycles. The van der Waals surface area contributed by atoms with Crippen LogP contribution >= 0.6 is 0 Å². The van der Waals surface area contributed by atoms with Gasteiger partial charge in [-0.1, -0.05) is 12.1 Å². The van der Waals surface area contributed by atoms with E-state index in [1.165, 1.54) is 43.3 Å². The first-order chi connectivity index (χ1) is 11.7. The summed E-state index contributed by atoms with van der Waals surface area (Å²) in [6.07, 6.45) is -0.0483. The van der Waals surface area contributed by atoms with E-state index in [1.54, 1.807) is 12.1 Å². The van der Waals surface area contributed by atoms with E-state index in [1.807, 2.05) is 0 Å². The van der Waals surface area contributed by atoms with E-state index in [2.05, 4.69) is 4.72 Å². The van der Waals surface area contributed by atoms with Crippen molar-refractivity contribution in [1.82, 2.24) is 0 Å². The molecule has 0 aliphatic carbocycles. The minimum absolute atomic E-state index is 0.0325. The number of ether oxygens (including phenoxy) is 1. The van der Waals surface area contributed by atoms with Crippen LogP contribution in [0.4, 0.5) is 5.69 Å². The normalized spacial score (nSPS) is 12.2. The standard InChI is InChI=1S/C17H17NO6S/c1-11(24-17(21)14-5-3-4-6-15(14)19)16(20)12-7-9-13(10-8-12)18-25(2,22)23/h3-11,18-19H,1-2H3. The van der Waals surface area contributed by atoms with Crippen LogP contribution in [0.25, 0.3) is 0 Å². The summed E-state index contributed by atoms with van der Waals surface area (Å²) in [5.41, 5.74) is 0.546. The highest BCUT2D eigenvalue weighted by Crippen LogP contribution is 2.19. The number of para-hydroxylation sites is 1. The molecule has 132 valence electrons. The lowest BCUT2D eigenvalue weighted by atomic mass is 10.1. The van der Waals surface area contributed by atoms with Gasteiger partial charge in [0.2, 0.25) is 15.8 Å². The number of esters is 1. The van der Waals surface area contributed by atoms with Gasteiger partial charge in [-0.05, 0) is 43.3 Å². The Morgan fingerprint density at radius 3 is 2.24 bits per heavy atom. The van der Waals surface area contributed by atoms with E-state index < -0.39 is 27.9 Å². The molecule has 0 aliphatic rings. The number of carbonyl (C=O) groups excluding carboxylic acids is 2. The molecule has 2 aromatic rings. The van der Waals surface area contributed by atoms with E-state index in [0.717, 1.165) is 6.26 Å². The minimum Gasteiger partial charge on any atom is -0.507 e. The third-order valence-electron chi connectivity index (χ3n) is 3.25. The molecule has 0 fully saturated rings. The van der Waals surface area contributed by atoms with Crippen molar-refractivity contribution in [2.75, 3.05) is 11.0 Å². The number of hydrogen-bond acceptors (Lipinski definition) is 6. The summed E-state index contributed by atoms with van der Waals surface area (Å²) >= 11 is 0. The lowest BCUT2D eigenvalue weighted by Crippen LogP contribution is -2.24. The number of phenols is 1. The average molecular weight is 363 g/mol. The van der Waals surface area contributed by atoms with Crippen LogP contribution < -0.4 is 4.72 Å². The summed E-state index contributed by atoms with van der Waals surface area (Å²) in [5.74, 6) is -1.49. The van der Waals surface area contributed by atoms with E-state index in [4.69, 9.17) is 4.74 Å². The molecule has 1 unspecified atom stereocenters. The highest BCUT2D eigenvalue weighted by atomic mass is 32.2. The van der Waals surface area contributed by atoms with Gasteiger partial charge in [-0.25, -0.2) is 13.2 Å². The second-order valence-corrected chi connectivity index (χ2v) is 7.13. The van der Waals surface area contributed by atoms with Gasteiger partial charge in [0.05, 0.1) is 6.26 Å². The van der Waals surface area contributed by atoms with Gasteiger partial charge in [0.1, 0.15) is 11.3 Å². The fourth-order valence-corrected chi connectivity index (χ4v) is 2.64. The van der Waals surface area contributed by atoms with E-state index >= 15 is 0 Å². The number of Topliss-reactive ketones (excluding diaryl/α,β-unsaturated/α-hetero) is 1. The Kier molecular flexibility index (Phi) is 5.43. The molecule has 8 heteroatoms. The zero-order valence-electron chi connectivity index (χ0n) is 13.6. The minimum atomic E-state index is -3.41. The number of carbonyl (C=O) groups is 2. The van der Waals surface area contributed by atoms with Gasteiger partial charge in [-0.3, -0.25) is 9.52 Å². The quantitative estimate of drug-likeness (QED) is 0.601. The zero-order chi connectivity index (χ0) is 18.6. The number of hydrogen-bond donors (Lipinski definition) is 2. The average Bonchev–Trinajstić information content (AvgIpc) is 2.53. The maximum Gasteiger partial charge on any atom is 0.342 e. The Hall–Kier alpha value is -2.87. The number of anilines is 1. The molecular weight excluding hydrogens is 346 g/mol. The van der Waals surface area contributed by atoms with Crippen molar-refractivity contribution in [2.24, 2.45) is 0 Å². The summed E-state index contributed by atoms with van der Waals surface area (Å²) in [6, 6.07) is 11.6. The fourth-order valence-electron chi connectivity index (χ4n) is 2.08. The van der Waals surface area contributed by atoms with E-state index in [-0.39, 0.29) is 16.9 Å². The van der Waals surface area contributed by atoms with Crippen LogP contribution in [-0.2, 0) is 14.8 Å². The van der Waals surface area contributed by atoms with Gasteiger partial charge in [0.25, 0.3) is 0 Å². The number of phenolic OH excluding ortho intramolecular Hbond substituents is 1. The Labute approximate surface area is 145 Å². The molecule has 0 heterocycles. The molecule has 0 spiro atoms. The van der Waals surface area contributed by atoms with Gasteiger partial charge in [-0.15, -0.1) is 0 Å². The summed E-state index contributed by atoms with van der Waals surface area (Å²) in [7, 11) is -3.41. The van der Waals surface area contributed by atoms with Gasteiger partial charge >= 0.3 is 5.97 Å². The molecule has 0 amide bonds. The van der Waals surface area contributed by atoms with E-state index in [9.17, 15) is 23.1 Å². The predicted molar refractivity (Wildman–Crippen MR) is 92.2 cm³/mol. The monoisotopic (exact) mass is 363 g/mol. The lowest BCUT2D eigenvalue weighted by molar-refractivity contribution is 0.0316. The Morgan fingerprint density at radius 1 is 1.08 bits per heavy atom. The molecule has 0 aliphatic heterocycles. The van der Waals surface area contributed by atoms with Crippen molar-refractivity contribution >= 4 is 27.5 Å². The number of ketones is 1. The number of rotatable bonds is 6. The molecule has 2 aromatic carbocycles. The zero-order valence-corrected chi connectivity index (χ0v) is 14.4. The lowest BCUT2D eigenvalue weighted by Gasteiger charge is -2.13. The molecule has 0 saturated carbocycles. The third-order valence-corrected chi connectivity index (χ3v) is 3.86. The van der Waals surface area contributed by atoms with Crippen molar-refractivity contribution in [3.63, 3.8) is 0 Å². The summed E-state index contributed by atoms with van der Waals surface area (Å²) in [5, 5.41) is 9.63. The predicted octanol–water partition coefficient (Wildman–Crippen LogP) is 2.19. The van der Waals surface area contributed by atoms with Crippen LogP contribution in [0.5, 0.6) is 5.75 Å². The summed E-state index contributed by atoms with van der Waals surface area (Å²) < 4.78 is 29.7. The Morgan fingerprint density at radius 2 is 1.68 bits per heavy atom. The van der Waals surface area contributed by atoms with Crippen molar-refractivity contribution in [3.05, 3.63) is 59.7 Å². The Bertz CT molecular complexity index is 890. The third kappa shape index (κ3) is 5.05. The maximum atomic E-state index is 12.3. The number of nitrogens with one attached hydrogen (secondary N) is 1. The first kappa shape index (κ1) is 18.5. The second kappa shape index (κ2) is 7.35. The fraction of sp³-hybridized carbons (Fsp3) is 0.176. The molecule has 7 nitrogen and oxygen atoms in total. The summed E-state index contributed by atoms with van der Waals surface area (Å²) in [6.45, 7) is 1.42. The highest BCUT2D eigenvalue weighted by molar-refractivity contribution is 7.92. The first-order valence-electron chi connectivity index (χ1n) is 7.28. The van der Waals surface area contributed by atoms with Crippen molar-refractivity contribution in [3.8, 4) is 5.75 Å². The second-order valence-electron chi connectivity index (χ2n) is 5.38. The smallest absolute Gasteiger partial charge is 0.342 e. The van der Waals surface area contributed by atoms with Gasteiger partial charge in [-0.2, -0.15) is 0 Å². The Balaban J connectivity index is 2.07. The molecule has 2 N–H and O–H groups in total. The van der Waals surface area contributed by atoms with Crippen molar-refractivity contribution in [2.45, 2.75) is 13.0 Å². The van der Waals surface area contributed by atoms with Crippen LogP contribution in [0.2, 0.25) is 0 Å². The molecule has 1 atom stereocenters. The topological polar surface area (TPSA) is 110 Å². The molecule has 0 bridgehead atoms. The SMILES string of the molecule is CC(OC(=O)c1ccccc1O)C(=O)c1ccc(NS(C)(=O)=O)cc1. The van der Waals surface area contributed by atoms with Gasteiger partial charge in [0, 0.05) is 11.3 Å². The van der Waals surface area contributed by atoms with Crippen LogP contribution in [0.1, 0.15) is 27.6 Å². The maximum absolute atomic E-state index is 12.3. The molecule has 25 heavy (non-hydrogen) atoms. The first-order valence-corrected chi connectivity index (χ1v) is 9.17. The van der Waals surface area contributed by atoms with Crippen molar-refractivity contribution in [1.29, 1.82) is 0 Å². The molecule has 2 rings (SSSR count). The van der Waals surface area contributed by atoms with E-state index in [0.29, 0.717) is 5.69 Å². The number of sulfonamides is 1. The van der Waals surface area contributed by atoms with Crippen LogP contribution in [-0.4, -0.2) is 37.6 Å². The largest absolute Gasteiger partial charge is 0.507 e. The van der Waals surface area contributed by atoms with Gasteiger partial charge < -0.3 is 9.84 Å².